The normalized spacial score (nSPS) is 16.3. The highest BCUT2D eigenvalue weighted by atomic mass is 32.2. The fraction of sp³-hybridized carbons (Fsp3) is 0.263. The van der Waals surface area contributed by atoms with E-state index in [0.29, 0.717) is 5.75 Å². The Hall–Kier alpha value is -1.85. The highest BCUT2D eigenvalue weighted by molar-refractivity contribution is 8.01. The van der Waals surface area contributed by atoms with Crippen LogP contribution in [0.25, 0.3) is 10.2 Å². The van der Waals surface area contributed by atoms with Gasteiger partial charge in [-0.3, -0.25) is 4.79 Å². The van der Waals surface area contributed by atoms with Crippen LogP contribution >= 0.6 is 23.1 Å². The van der Waals surface area contributed by atoms with Gasteiger partial charge in [0.25, 0.3) is 0 Å². The van der Waals surface area contributed by atoms with Crippen LogP contribution in [0.5, 0.6) is 0 Å². The fourth-order valence-corrected chi connectivity index (χ4v) is 5.24. The molecule has 122 valence electrons. The molecule has 4 rings (SSSR count). The number of rotatable bonds is 4. The predicted octanol–water partition coefficient (Wildman–Crippen LogP) is 4.53. The molecular weight excluding hydrogens is 336 g/mol. The molecule has 0 bridgehead atoms. The highest BCUT2D eigenvalue weighted by Gasteiger charge is 2.28. The number of carbonyl (C=O) groups excluding carboxylic acids is 1. The van der Waals surface area contributed by atoms with Crippen LogP contribution in [0.15, 0.2) is 52.9 Å². The van der Waals surface area contributed by atoms with Gasteiger partial charge >= 0.3 is 0 Å². The van der Waals surface area contributed by atoms with Gasteiger partial charge in [0.1, 0.15) is 0 Å². The van der Waals surface area contributed by atoms with Crippen LogP contribution in [0.1, 0.15) is 23.6 Å². The number of hydrogen-bond acceptors (Lipinski definition) is 4. The summed E-state index contributed by atoms with van der Waals surface area (Å²) in [6.45, 7) is 0. The monoisotopic (exact) mass is 354 g/mol. The second-order valence-electron chi connectivity index (χ2n) is 5.99. The number of amides is 1. The summed E-state index contributed by atoms with van der Waals surface area (Å²) in [4.78, 5) is 19.1. The number of nitrogens with zero attached hydrogens (tertiary/aromatic N) is 2. The SMILES string of the molecule is CN(C(=O)CSc1nc2ccccc2s1)C1CCc2ccccc21. The summed E-state index contributed by atoms with van der Waals surface area (Å²) in [5, 5.41) is 0. The topological polar surface area (TPSA) is 33.2 Å². The van der Waals surface area contributed by atoms with E-state index in [1.54, 1.807) is 11.3 Å². The molecule has 0 radical (unpaired) electrons. The summed E-state index contributed by atoms with van der Waals surface area (Å²) < 4.78 is 2.13. The number of thioether (sulfide) groups is 1. The van der Waals surface area contributed by atoms with Gasteiger partial charge in [-0.05, 0) is 36.1 Å². The first-order valence-corrected chi connectivity index (χ1v) is 9.84. The van der Waals surface area contributed by atoms with Crippen molar-refractivity contribution in [3.8, 4) is 0 Å². The maximum atomic E-state index is 12.6. The third kappa shape index (κ3) is 2.94. The van der Waals surface area contributed by atoms with Crippen LogP contribution in [0.4, 0.5) is 0 Å². The van der Waals surface area contributed by atoms with Crippen LogP contribution in [0.3, 0.4) is 0 Å². The van der Waals surface area contributed by atoms with E-state index in [2.05, 4.69) is 35.3 Å². The van der Waals surface area contributed by atoms with Gasteiger partial charge in [0, 0.05) is 7.05 Å². The molecule has 0 saturated heterocycles. The number of aromatic nitrogens is 1. The molecule has 0 saturated carbocycles. The van der Waals surface area contributed by atoms with Crippen LogP contribution in [-0.2, 0) is 11.2 Å². The molecule has 1 aliphatic carbocycles. The average molecular weight is 355 g/mol. The third-order valence-electron chi connectivity index (χ3n) is 4.56. The molecule has 1 unspecified atom stereocenters. The Morgan fingerprint density at radius 2 is 2.04 bits per heavy atom. The van der Waals surface area contributed by atoms with Gasteiger partial charge in [0.15, 0.2) is 4.34 Å². The van der Waals surface area contributed by atoms with E-state index in [1.807, 2.05) is 30.1 Å². The summed E-state index contributed by atoms with van der Waals surface area (Å²) in [7, 11) is 1.92. The molecule has 1 aromatic heterocycles. The molecule has 3 aromatic rings. The van der Waals surface area contributed by atoms with Crippen LogP contribution in [0.2, 0.25) is 0 Å². The number of hydrogen-bond donors (Lipinski definition) is 0. The molecule has 1 aliphatic rings. The van der Waals surface area contributed by atoms with E-state index >= 15 is 0 Å². The minimum Gasteiger partial charge on any atom is -0.338 e. The lowest BCUT2D eigenvalue weighted by Gasteiger charge is -2.25. The molecule has 5 heteroatoms. The van der Waals surface area contributed by atoms with Crippen molar-refractivity contribution < 1.29 is 4.79 Å². The molecule has 24 heavy (non-hydrogen) atoms. The third-order valence-corrected chi connectivity index (χ3v) is 6.72. The molecule has 0 N–H and O–H groups in total. The maximum Gasteiger partial charge on any atom is 0.233 e. The quantitative estimate of drug-likeness (QED) is 0.645. The number of para-hydroxylation sites is 1. The number of aryl methyl sites for hydroxylation is 1. The number of benzene rings is 2. The van der Waals surface area contributed by atoms with E-state index < -0.39 is 0 Å². The summed E-state index contributed by atoms with van der Waals surface area (Å²) in [5.41, 5.74) is 3.69. The van der Waals surface area contributed by atoms with Crippen molar-refractivity contribution in [1.29, 1.82) is 0 Å². The zero-order valence-electron chi connectivity index (χ0n) is 13.4. The Morgan fingerprint density at radius 1 is 1.25 bits per heavy atom. The Bertz CT molecular complexity index is 857. The lowest BCUT2D eigenvalue weighted by atomic mass is 10.1. The number of fused-ring (bicyclic) bond motifs is 2. The van der Waals surface area contributed by atoms with E-state index in [-0.39, 0.29) is 11.9 Å². The fourth-order valence-electron chi connectivity index (χ4n) is 3.25. The second kappa shape index (κ2) is 6.57. The Morgan fingerprint density at radius 3 is 2.92 bits per heavy atom. The van der Waals surface area contributed by atoms with Gasteiger partial charge in [-0.2, -0.15) is 0 Å². The van der Waals surface area contributed by atoms with Crippen molar-refractivity contribution in [3.05, 3.63) is 59.7 Å². The Labute approximate surface area is 149 Å². The van der Waals surface area contributed by atoms with E-state index in [9.17, 15) is 4.79 Å². The zero-order chi connectivity index (χ0) is 16.5. The van der Waals surface area contributed by atoms with Crippen molar-refractivity contribution in [2.24, 2.45) is 0 Å². The first-order chi connectivity index (χ1) is 11.7. The maximum absolute atomic E-state index is 12.6. The molecule has 1 atom stereocenters. The Balaban J connectivity index is 1.43. The van der Waals surface area contributed by atoms with Crippen molar-refractivity contribution in [1.82, 2.24) is 9.88 Å². The molecule has 3 nitrogen and oxygen atoms in total. The minimum absolute atomic E-state index is 0.168. The van der Waals surface area contributed by atoms with Crippen molar-refractivity contribution in [2.75, 3.05) is 12.8 Å². The standard InChI is InChI=1S/C19H18N2OS2/c1-21(16-11-10-13-6-2-3-7-14(13)16)18(22)12-23-19-20-15-8-4-5-9-17(15)24-19/h2-9,16H,10-12H2,1H3. The predicted molar refractivity (Wildman–Crippen MR) is 101 cm³/mol. The summed E-state index contributed by atoms with van der Waals surface area (Å²) in [5.74, 6) is 0.607. The zero-order valence-corrected chi connectivity index (χ0v) is 15.1. The number of thiazole rings is 1. The van der Waals surface area contributed by atoms with Crippen LogP contribution in [0, 0.1) is 0 Å². The van der Waals surface area contributed by atoms with Crippen LogP contribution in [-0.4, -0.2) is 28.6 Å². The van der Waals surface area contributed by atoms with Gasteiger partial charge in [0.05, 0.1) is 22.0 Å². The van der Waals surface area contributed by atoms with E-state index in [4.69, 9.17) is 0 Å². The molecule has 1 amide bonds. The van der Waals surface area contributed by atoms with Gasteiger partial charge in [-0.25, -0.2) is 4.98 Å². The largest absolute Gasteiger partial charge is 0.338 e. The summed E-state index contributed by atoms with van der Waals surface area (Å²) in [6, 6.07) is 16.8. The lowest BCUT2D eigenvalue weighted by molar-refractivity contribution is -0.129. The summed E-state index contributed by atoms with van der Waals surface area (Å²) >= 11 is 3.19. The minimum atomic E-state index is 0.168. The smallest absolute Gasteiger partial charge is 0.233 e. The number of carbonyl (C=O) groups is 1. The molecular formula is C19H18N2OS2. The second-order valence-corrected chi connectivity index (χ2v) is 8.25. The lowest BCUT2D eigenvalue weighted by Crippen LogP contribution is -2.31. The molecule has 0 spiro atoms. The molecule has 0 aliphatic heterocycles. The molecule has 2 aromatic carbocycles. The van der Waals surface area contributed by atoms with Crippen molar-refractivity contribution in [2.45, 2.75) is 23.2 Å². The first-order valence-electron chi connectivity index (χ1n) is 8.04. The van der Waals surface area contributed by atoms with Gasteiger partial charge < -0.3 is 4.90 Å². The van der Waals surface area contributed by atoms with Crippen LogP contribution < -0.4 is 0 Å². The highest BCUT2D eigenvalue weighted by Crippen LogP contribution is 2.35. The van der Waals surface area contributed by atoms with Gasteiger partial charge in [-0.1, -0.05) is 48.2 Å². The van der Waals surface area contributed by atoms with E-state index in [0.717, 1.165) is 22.7 Å². The summed E-state index contributed by atoms with van der Waals surface area (Å²) in [6.07, 6.45) is 2.08. The first kappa shape index (κ1) is 15.7. The van der Waals surface area contributed by atoms with Gasteiger partial charge in [-0.15, -0.1) is 11.3 Å². The average Bonchev–Trinajstić information content (AvgIpc) is 3.22. The van der Waals surface area contributed by atoms with E-state index in [1.165, 1.54) is 27.6 Å². The van der Waals surface area contributed by atoms with Gasteiger partial charge in [0.2, 0.25) is 5.91 Å². The molecule has 0 fully saturated rings. The van der Waals surface area contributed by atoms with Crippen molar-refractivity contribution in [3.63, 3.8) is 0 Å². The molecule has 1 heterocycles. The van der Waals surface area contributed by atoms with Crippen molar-refractivity contribution >= 4 is 39.2 Å². The Kier molecular flexibility index (Phi) is 4.29.